The molecule has 0 heterocycles. The van der Waals surface area contributed by atoms with Crippen LogP contribution < -0.4 is 10.1 Å². The molecule has 5 heteroatoms. The summed E-state index contributed by atoms with van der Waals surface area (Å²) in [6.07, 6.45) is 2.52. The highest BCUT2D eigenvalue weighted by Gasteiger charge is 2.14. The van der Waals surface area contributed by atoms with Crippen molar-refractivity contribution >= 4 is 9.84 Å². The predicted octanol–water partition coefficient (Wildman–Crippen LogP) is 2.29. The summed E-state index contributed by atoms with van der Waals surface area (Å²) in [5, 5.41) is 3.20. The van der Waals surface area contributed by atoms with Gasteiger partial charge in [-0.3, -0.25) is 0 Å². The molecule has 0 aliphatic heterocycles. The second-order valence-electron chi connectivity index (χ2n) is 5.32. The molecule has 0 radical (unpaired) electrons. The van der Waals surface area contributed by atoms with Crippen LogP contribution in [0, 0.1) is 5.92 Å². The Morgan fingerprint density at radius 2 is 2.00 bits per heavy atom. The van der Waals surface area contributed by atoms with Crippen molar-refractivity contribution in [1.29, 1.82) is 0 Å². The van der Waals surface area contributed by atoms with Crippen molar-refractivity contribution in [2.75, 3.05) is 32.2 Å². The van der Waals surface area contributed by atoms with Gasteiger partial charge in [0.1, 0.15) is 15.6 Å². The Labute approximate surface area is 128 Å². The van der Waals surface area contributed by atoms with E-state index in [9.17, 15) is 8.42 Å². The van der Waals surface area contributed by atoms with Crippen LogP contribution in [0.4, 0.5) is 0 Å². The standard InChI is InChI=1S/C16H27NO3S/c1-4-21(18,19)11-7-8-14(13-17-2)12-15-9-5-6-10-16(15)20-3/h5-6,9-10,14,17H,4,7-8,11-13H2,1-3H3. The summed E-state index contributed by atoms with van der Waals surface area (Å²) in [6.45, 7) is 2.58. The Kier molecular flexibility index (Phi) is 7.75. The van der Waals surface area contributed by atoms with Crippen molar-refractivity contribution < 1.29 is 13.2 Å². The number of nitrogens with one attached hydrogen (secondary N) is 1. The van der Waals surface area contributed by atoms with Crippen LogP contribution in [0.3, 0.4) is 0 Å². The minimum absolute atomic E-state index is 0.232. The molecule has 1 unspecified atom stereocenters. The fourth-order valence-corrected chi connectivity index (χ4v) is 3.38. The molecule has 4 nitrogen and oxygen atoms in total. The zero-order chi connectivity index (χ0) is 15.7. The number of sulfone groups is 1. The summed E-state index contributed by atoms with van der Waals surface area (Å²) >= 11 is 0. The summed E-state index contributed by atoms with van der Waals surface area (Å²) in [7, 11) is 0.748. The van der Waals surface area contributed by atoms with E-state index in [4.69, 9.17) is 4.74 Å². The first-order valence-corrected chi connectivity index (χ1v) is 9.31. The van der Waals surface area contributed by atoms with Crippen LogP contribution in [-0.4, -0.2) is 40.6 Å². The molecule has 0 spiro atoms. The molecule has 0 aliphatic carbocycles. The largest absolute Gasteiger partial charge is 0.496 e. The van der Waals surface area contributed by atoms with Gasteiger partial charge in [0, 0.05) is 5.75 Å². The van der Waals surface area contributed by atoms with Gasteiger partial charge in [-0.1, -0.05) is 25.1 Å². The molecule has 0 fully saturated rings. The molecule has 0 amide bonds. The molecule has 0 aromatic heterocycles. The van der Waals surface area contributed by atoms with Crippen molar-refractivity contribution in [3.63, 3.8) is 0 Å². The lowest BCUT2D eigenvalue weighted by Crippen LogP contribution is -2.22. The average Bonchev–Trinajstić information content (AvgIpc) is 2.48. The molecule has 1 aromatic rings. The molecule has 1 atom stereocenters. The predicted molar refractivity (Wildman–Crippen MR) is 87.7 cm³/mol. The Morgan fingerprint density at radius 1 is 1.29 bits per heavy atom. The fraction of sp³-hybridized carbons (Fsp3) is 0.625. The first kappa shape index (κ1) is 18.0. The van der Waals surface area contributed by atoms with Crippen molar-refractivity contribution in [2.45, 2.75) is 26.2 Å². The normalized spacial score (nSPS) is 13.1. The Bertz CT molecular complexity index is 514. The maximum atomic E-state index is 11.6. The Balaban J connectivity index is 2.61. The number of methoxy groups -OCH3 is 1. The van der Waals surface area contributed by atoms with Gasteiger partial charge >= 0.3 is 0 Å². The zero-order valence-electron chi connectivity index (χ0n) is 13.3. The van der Waals surface area contributed by atoms with Gasteiger partial charge in [0.2, 0.25) is 0 Å². The highest BCUT2D eigenvalue weighted by Crippen LogP contribution is 2.23. The monoisotopic (exact) mass is 313 g/mol. The lowest BCUT2D eigenvalue weighted by molar-refractivity contribution is 0.397. The Morgan fingerprint density at radius 3 is 2.62 bits per heavy atom. The number of benzene rings is 1. The van der Waals surface area contributed by atoms with Gasteiger partial charge in [-0.25, -0.2) is 8.42 Å². The maximum Gasteiger partial charge on any atom is 0.150 e. The van der Waals surface area contributed by atoms with Gasteiger partial charge in [0.05, 0.1) is 12.9 Å². The highest BCUT2D eigenvalue weighted by atomic mass is 32.2. The molecule has 1 N–H and O–H groups in total. The number of para-hydroxylation sites is 1. The number of hydrogen-bond acceptors (Lipinski definition) is 4. The molecular formula is C16H27NO3S. The summed E-state index contributed by atoms with van der Waals surface area (Å²) in [5.41, 5.74) is 1.18. The lowest BCUT2D eigenvalue weighted by Gasteiger charge is -2.18. The highest BCUT2D eigenvalue weighted by molar-refractivity contribution is 7.91. The first-order chi connectivity index (χ1) is 10.0. The molecule has 1 aromatic carbocycles. The molecule has 0 saturated carbocycles. The van der Waals surface area contributed by atoms with E-state index >= 15 is 0 Å². The molecule has 0 bridgehead atoms. The second-order valence-corrected chi connectivity index (χ2v) is 7.79. The average molecular weight is 313 g/mol. The van der Waals surface area contributed by atoms with Crippen molar-refractivity contribution in [3.05, 3.63) is 29.8 Å². The third kappa shape index (κ3) is 6.48. The van der Waals surface area contributed by atoms with Gasteiger partial charge in [0.25, 0.3) is 0 Å². The number of ether oxygens (including phenoxy) is 1. The van der Waals surface area contributed by atoms with Crippen LogP contribution in [0.15, 0.2) is 24.3 Å². The van der Waals surface area contributed by atoms with Gasteiger partial charge in [-0.2, -0.15) is 0 Å². The minimum atomic E-state index is -2.86. The zero-order valence-corrected chi connectivity index (χ0v) is 14.1. The molecule has 21 heavy (non-hydrogen) atoms. The summed E-state index contributed by atoms with van der Waals surface area (Å²) in [5.74, 6) is 1.84. The van der Waals surface area contributed by atoms with Crippen LogP contribution in [0.1, 0.15) is 25.3 Å². The van der Waals surface area contributed by atoms with Gasteiger partial charge in [-0.05, 0) is 50.4 Å². The van der Waals surface area contributed by atoms with E-state index in [-0.39, 0.29) is 11.5 Å². The van der Waals surface area contributed by atoms with E-state index in [0.717, 1.165) is 31.6 Å². The molecule has 120 valence electrons. The van der Waals surface area contributed by atoms with Gasteiger partial charge in [0.15, 0.2) is 0 Å². The third-order valence-electron chi connectivity index (χ3n) is 3.70. The van der Waals surface area contributed by atoms with Crippen molar-refractivity contribution in [3.8, 4) is 5.75 Å². The summed E-state index contributed by atoms with van der Waals surface area (Å²) in [6, 6.07) is 8.01. The molecular weight excluding hydrogens is 286 g/mol. The van der Waals surface area contributed by atoms with E-state index in [1.807, 2.05) is 25.2 Å². The smallest absolute Gasteiger partial charge is 0.150 e. The van der Waals surface area contributed by atoms with E-state index in [2.05, 4.69) is 11.4 Å². The summed E-state index contributed by atoms with van der Waals surface area (Å²) < 4.78 is 28.5. The van der Waals surface area contributed by atoms with Crippen LogP contribution in [0.25, 0.3) is 0 Å². The third-order valence-corrected chi connectivity index (χ3v) is 5.49. The molecule has 0 aliphatic rings. The van der Waals surface area contributed by atoms with Crippen LogP contribution in [0.2, 0.25) is 0 Å². The van der Waals surface area contributed by atoms with E-state index in [1.165, 1.54) is 5.56 Å². The lowest BCUT2D eigenvalue weighted by atomic mass is 9.94. The first-order valence-electron chi connectivity index (χ1n) is 7.49. The molecule has 1 rings (SSSR count). The second kappa shape index (κ2) is 9.05. The van der Waals surface area contributed by atoms with Crippen molar-refractivity contribution in [1.82, 2.24) is 5.32 Å². The quantitative estimate of drug-likeness (QED) is 0.720. The summed E-state index contributed by atoms with van der Waals surface area (Å²) in [4.78, 5) is 0. The van der Waals surface area contributed by atoms with Gasteiger partial charge in [-0.15, -0.1) is 0 Å². The maximum absolute atomic E-state index is 11.6. The fourth-order valence-electron chi connectivity index (χ4n) is 2.48. The van der Waals surface area contributed by atoms with E-state index in [1.54, 1.807) is 14.0 Å². The van der Waals surface area contributed by atoms with E-state index in [0.29, 0.717) is 5.92 Å². The molecule has 0 saturated heterocycles. The van der Waals surface area contributed by atoms with Crippen LogP contribution in [-0.2, 0) is 16.3 Å². The number of hydrogen-bond donors (Lipinski definition) is 1. The Hall–Kier alpha value is -1.07. The topological polar surface area (TPSA) is 55.4 Å². The minimum Gasteiger partial charge on any atom is -0.496 e. The SMILES string of the molecule is CCS(=O)(=O)CCCC(CNC)Cc1ccccc1OC. The number of rotatable bonds is 10. The van der Waals surface area contributed by atoms with Gasteiger partial charge < -0.3 is 10.1 Å². The van der Waals surface area contributed by atoms with Crippen LogP contribution in [0.5, 0.6) is 5.75 Å². The van der Waals surface area contributed by atoms with Crippen molar-refractivity contribution in [2.24, 2.45) is 5.92 Å². The van der Waals surface area contributed by atoms with E-state index < -0.39 is 9.84 Å². The van der Waals surface area contributed by atoms with Crippen LogP contribution >= 0.6 is 0 Å².